The van der Waals surface area contributed by atoms with Gasteiger partial charge >= 0.3 is 0 Å². The van der Waals surface area contributed by atoms with Gasteiger partial charge in [-0.05, 0) is 46.9 Å². The Kier molecular flexibility index (Phi) is 9.12. The zero-order chi connectivity index (χ0) is 14.8. The van der Waals surface area contributed by atoms with E-state index in [-0.39, 0.29) is 11.9 Å². The highest BCUT2D eigenvalue weighted by Gasteiger charge is 2.15. The monoisotopic (exact) mass is 343 g/mol. The van der Waals surface area contributed by atoms with E-state index in [1.165, 1.54) is 38.2 Å². The lowest BCUT2D eigenvalue weighted by Crippen LogP contribution is -2.22. The number of benzene rings is 1. The van der Waals surface area contributed by atoms with Crippen molar-refractivity contribution in [1.82, 2.24) is 5.32 Å². The molecule has 1 aromatic carbocycles. The largest absolute Gasteiger partial charge is 0.310 e. The van der Waals surface area contributed by atoms with Crippen molar-refractivity contribution in [3.8, 4) is 0 Å². The molecule has 1 nitrogen and oxygen atoms in total. The van der Waals surface area contributed by atoms with Crippen molar-refractivity contribution in [2.75, 3.05) is 6.54 Å². The van der Waals surface area contributed by atoms with Crippen LogP contribution in [0, 0.1) is 5.82 Å². The second kappa shape index (κ2) is 10.3. The maximum Gasteiger partial charge on any atom is 0.137 e. The maximum atomic E-state index is 13.7. The van der Waals surface area contributed by atoms with Crippen LogP contribution in [0.3, 0.4) is 0 Å². The fourth-order valence-corrected chi connectivity index (χ4v) is 2.97. The molecule has 0 aliphatic carbocycles. The van der Waals surface area contributed by atoms with Gasteiger partial charge in [-0.2, -0.15) is 0 Å². The molecule has 0 radical (unpaired) electrons. The molecule has 3 heteroatoms. The van der Waals surface area contributed by atoms with Crippen LogP contribution < -0.4 is 5.32 Å². The van der Waals surface area contributed by atoms with Crippen molar-refractivity contribution in [1.29, 1.82) is 0 Å². The summed E-state index contributed by atoms with van der Waals surface area (Å²) in [5.41, 5.74) is 1.05. The summed E-state index contributed by atoms with van der Waals surface area (Å²) in [6.45, 7) is 5.37. The topological polar surface area (TPSA) is 12.0 Å². The van der Waals surface area contributed by atoms with E-state index >= 15 is 0 Å². The predicted molar refractivity (Wildman–Crippen MR) is 88.5 cm³/mol. The highest BCUT2D eigenvalue weighted by Crippen LogP contribution is 2.29. The smallest absolute Gasteiger partial charge is 0.137 e. The zero-order valence-corrected chi connectivity index (χ0v) is 14.3. The third-order valence-corrected chi connectivity index (χ3v) is 4.43. The van der Waals surface area contributed by atoms with Gasteiger partial charge in [0.1, 0.15) is 5.82 Å². The van der Waals surface area contributed by atoms with E-state index < -0.39 is 0 Å². The quantitative estimate of drug-likeness (QED) is 0.514. The number of hydrogen-bond acceptors (Lipinski definition) is 1. The van der Waals surface area contributed by atoms with Crippen LogP contribution in [-0.2, 0) is 0 Å². The lowest BCUT2D eigenvalue weighted by molar-refractivity contribution is 0.464. The molecule has 1 unspecified atom stereocenters. The number of unbranched alkanes of at least 4 members (excludes halogenated alkanes) is 4. The van der Waals surface area contributed by atoms with Crippen molar-refractivity contribution in [2.24, 2.45) is 0 Å². The lowest BCUT2D eigenvalue weighted by Gasteiger charge is -2.20. The molecule has 0 spiro atoms. The molecule has 0 bridgehead atoms. The zero-order valence-electron chi connectivity index (χ0n) is 12.7. The van der Waals surface area contributed by atoms with Crippen molar-refractivity contribution < 1.29 is 4.39 Å². The summed E-state index contributed by atoms with van der Waals surface area (Å²) in [5, 5.41) is 3.55. The molecule has 0 fully saturated rings. The second-order valence-electron chi connectivity index (χ2n) is 5.35. The Labute approximate surface area is 131 Å². The fourth-order valence-electron chi connectivity index (χ4n) is 2.43. The SMILES string of the molecule is CCCCCCCC(NCCC)c1cccc(F)c1Br. The van der Waals surface area contributed by atoms with Crippen LogP contribution >= 0.6 is 15.9 Å². The van der Waals surface area contributed by atoms with Gasteiger partial charge in [-0.15, -0.1) is 0 Å². The van der Waals surface area contributed by atoms with Crippen LogP contribution in [0.5, 0.6) is 0 Å². The Morgan fingerprint density at radius 3 is 2.55 bits per heavy atom. The predicted octanol–water partition coefficient (Wildman–Crippen LogP) is 5.99. The average molecular weight is 344 g/mol. The summed E-state index contributed by atoms with van der Waals surface area (Å²) in [6.07, 6.45) is 8.53. The summed E-state index contributed by atoms with van der Waals surface area (Å²) in [6, 6.07) is 5.58. The van der Waals surface area contributed by atoms with Gasteiger partial charge in [-0.3, -0.25) is 0 Å². The first-order chi connectivity index (χ1) is 9.70. The highest BCUT2D eigenvalue weighted by molar-refractivity contribution is 9.10. The van der Waals surface area contributed by atoms with Gasteiger partial charge in [0.15, 0.2) is 0 Å². The van der Waals surface area contributed by atoms with Crippen LogP contribution in [0.4, 0.5) is 4.39 Å². The fraction of sp³-hybridized carbons (Fsp3) is 0.647. The molecule has 0 amide bonds. The highest BCUT2D eigenvalue weighted by atomic mass is 79.9. The Balaban J connectivity index is 2.61. The average Bonchev–Trinajstić information content (AvgIpc) is 2.45. The molecule has 20 heavy (non-hydrogen) atoms. The van der Waals surface area contributed by atoms with E-state index in [2.05, 4.69) is 35.1 Å². The standard InChI is InChI=1S/C17H27BrFN/c1-3-5-6-7-8-12-16(20-13-4-2)14-10-9-11-15(19)17(14)18/h9-11,16,20H,3-8,12-13H2,1-2H3. The first-order valence-corrected chi connectivity index (χ1v) is 8.67. The van der Waals surface area contributed by atoms with Crippen LogP contribution in [-0.4, -0.2) is 6.54 Å². The van der Waals surface area contributed by atoms with Gasteiger partial charge in [-0.1, -0.05) is 58.1 Å². The molecule has 1 aromatic rings. The van der Waals surface area contributed by atoms with Gasteiger partial charge < -0.3 is 5.32 Å². The summed E-state index contributed by atoms with van der Waals surface area (Å²) >= 11 is 3.39. The van der Waals surface area contributed by atoms with Gasteiger partial charge in [0.25, 0.3) is 0 Å². The molecule has 1 rings (SSSR count). The van der Waals surface area contributed by atoms with E-state index in [1.807, 2.05) is 6.07 Å². The van der Waals surface area contributed by atoms with E-state index in [0.29, 0.717) is 4.47 Å². The third-order valence-electron chi connectivity index (χ3n) is 3.59. The van der Waals surface area contributed by atoms with E-state index in [4.69, 9.17) is 0 Å². The summed E-state index contributed by atoms with van der Waals surface area (Å²) in [4.78, 5) is 0. The second-order valence-corrected chi connectivity index (χ2v) is 6.15. The van der Waals surface area contributed by atoms with Gasteiger partial charge in [0.2, 0.25) is 0 Å². The normalized spacial score (nSPS) is 12.6. The van der Waals surface area contributed by atoms with Crippen LogP contribution in [0.25, 0.3) is 0 Å². The van der Waals surface area contributed by atoms with Crippen LogP contribution in [0.1, 0.15) is 70.4 Å². The van der Waals surface area contributed by atoms with Gasteiger partial charge in [-0.25, -0.2) is 4.39 Å². The minimum absolute atomic E-state index is 0.170. The summed E-state index contributed by atoms with van der Waals surface area (Å²) in [5.74, 6) is -0.170. The Bertz CT molecular complexity index is 381. The summed E-state index contributed by atoms with van der Waals surface area (Å²) in [7, 11) is 0. The Morgan fingerprint density at radius 1 is 1.10 bits per heavy atom. The molecule has 0 aromatic heterocycles. The Hall–Kier alpha value is -0.410. The molecule has 0 aliphatic rings. The van der Waals surface area contributed by atoms with Gasteiger partial charge in [0.05, 0.1) is 4.47 Å². The van der Waals surface area contributed by atoms with Crippen molar-refractivity contribution >= 4 is 15.9 Å². The molecule has 0 saturated carbocycles. The molecular weight excluding hydrogens is 317 g/mol. The van der Waals surface area contributed by atoms with Crippen molar-refractivity contribution in [3.05, 3.63) is 34.1 Å². The van der Waals surface area contributed by atoms with Crippen molar-refractivity contribution in [2.45, 2.75) is 64.8 Å². The third kappa shape index (κ3) is 5.92. The molecule has 0 saturated heterocycles. The van der Waals surface area contributed by atoms with Crippen molar-refractivity contribution in [3.63, 3.8) is 0 Å². The first-order valence-electron chi connectivity index (χ1n) is 7.88. The molecule has 1 N–H and O–H groups in total. The van der Waals surface area contributed by atoms with Crippen LogP contribution in [0.15, 0.2) is 22.7 Å². The molecule has 1 atom stereocenters. The first kappa shape index (κ1) is 17.6. The maximum absolute atomic E-state index is 13.7. The molecule has 114 valence electrons. The van der Waals surface area contributed by atoms with E-state index in [1.54, 1.807) is 6.07 Å². The Morgan fingerprint density at radius 2 is 1.85 bits per heavy atom. The number of halogens is 2. The number of hydrogen-bond donors (Lipinski definition) is 1. The van der Waals surface area contributed by atoms with E-state index in [9.17, 15) is 4.39 Å². The number of nitrogens with one attached hydrogen (secondary N) is 1. The minimum Gasteiger partial charge on any atom is -0.310 e. The molecule has 0 heterocycles. The van der Waals surface area contributed by atoms with Crippen LogP contribution in [0.2, 0.25) is 0 Å². The number of rotatable bonds is 10. The minimum atomic E-state index is -0.170. The summed E-state index contributed by atoms with van der Waals surface area (Å²) < 4.78 is 14.3. The molecule has 0 aliphatic heterocycles. The lowest BCUT2D eigenvalue weighted by atomic mass is 9.99. The molecular formula is C17H27BrFN. The van der Waals surface area contributed by atoms with Gasteiger partial charge in [0, 0.05) is 6.04 Å². The van der Waals surface area contributed by atoms with E-state index in [0.717, 1.165) is 24.9 Å².